The van der Waals surface area contributed by atoms with Gasteiger partial charge in [0.15, 0.2) is 0 Å². The molecule has 0 spiro atoms. The summed E-state index contributed by atoms with van der Waals surface area (Å²) in [6.45, 7) is 3.57. The smallest absolute Gasteiger partial charge is 0.243 e. The minimum atomic E-state index is -3.77. The van der Waals surface area contributed by atoms with Gasteiger partial charge in [-0.05, 0) is 48.4 Å². The average Bonchev–Trinajstić information content (AvgIpc) is 2.61. The highest BCUT2D eigenvalue weighted by Gasteiger charge is 2.25. The van der Waals surface area contributed by atoms with Gasteiger partial charge in [-0.1, -0.05) is 35.0 Å². The monoisotopic (exact) mass is 442 g/mol. The largest absolute Gasteiger partial charge is 0.351 e. The lowest BCUT2D eigenvalue weighted by Gasteiger charge is -2.20. The number of hydrogen-bond donors (Lipinski definition) is 1. The van der Waals surface area contributed by atoms with E-state index in [0.29, 0.717) is 0 Å². The van der Waals surface area contributed by atoms with Gasteiger partial charge in [0.25, 0.3) is 0 Å². The van der Waals surface area contributed by atoms with Crippen LogP contribution in [0, 0.1) is 12.7 Å². The van der Waals surface area contributed by atoms with E-state index in [1.165, 1.54) is 18.2 Å². The maximum absolute atomic E-state index is 12.9. The molecule has 0 fully saturated rings. The van der Waals surface area contributed by atoms with E-state index in [1.807, 2.05) is 0 Å². The van der Waals surface area contributed by atoms with Crippen LogP contribution in [0.1, 0.15) is 18.1 Å². The topological polar surface area (TPSA) is 66.5 Å². The van der Waals surface area contributed by atoms with Crippen LogP contribution in [-0.4, -0.2) is 31.7 Å². The predicted molar refractivity (Wildman–Crippen MR) is 102 cm³/mol. The molecule has 0 unspecified atom stereocenters. The average molecular weight is 443 g/mol. The van der Waals surface area contributed by atoms with Crippen LogP contribution in [0.3, 0.4) is 0 Å². The Kier molecular flexibility index (Phi) is 6.91. The van der Waals surface area contributed by atoms with Crippen molar-refractivity contribution in [2.24, 2.45) is 0 Å². The molecule has 0 atom stereocenters. The highest BCUT2D eigenvalue weighted by Crippen LogP contribution is 2.22. The maximum atomic E-state index is 12.9. The number of carbonyl (C=O) groups is 1. The lowest BCUT2D eigenvalue weighted by molar-refractivity contribution is -0.121. The third-order valence-corrected chi connectivity index (χ3v) is 6.65. The molecule has 2 rings (SSSR count). The van der Waals surface area contributed by atoms with Crippen molar-refractivity contribution in [3.8, 4) is 0 Å². The van der Waals surface area contributed by atoms with Gasteiger partial charge in [0.2, 0.25) is 15.9 Å². The molecule has 0 aliphatic carbocycles. The van der Waals surface area contributed by atoms with Gasteiger partial charge in [0.1, 0.15) is 5.82 Å². The van der Waals surface area contributed by atoms with Crippen LogP contribution in [0.25, 0.3) is 0 Å². The van der Waals surface area contributed by atoms with E-state index in [2.05, 4.69) is 21.2 Å². The Morgan fingerprint density at radius 1 is 1.19 bits per heavy atom. The van der Waals surface area contributed by atoms with Crippen LogP contribution in [-0.2, 0) is 21.4 Å². The second kappa shape index (κ2) is 8.75. The molecule has 0 radical (unpaired) electrons. The van der Waals surface area contributed by atoms with Gasteiger partial charge >= 0.3 is 0 Å². The first-order valence-electron chi connectivity index (χ1n) is 8.01. The van der Waals surface area contributed by atoms with E-state index in [9.17, 15) is 17.6 Å². The number of aryl methyl sites for hydroxylation is 1. The lowest BCUT2D eigenvalue weighted by atomic mass is 10.2. The zero-order valence-electron chi connectivity index (χ0n) is 14.5. The molecule has 1 amide bonds. The molecular formula is C18H20BrFN2O3S. The van der Waals surface area contributed by atoms with Gasteiger partial charge in [-0.25, -0.2) is 12.8 Å². The summed E-state index contributed by atoms with van der Waals surface area (Å²) >= 11 is 3.34. The number of amides is 1. The molecule has 0 aliphatic rings. The van der Waals surface area contributed by atoms with Crippen molar-refractivity contribution < 1.29 is 17.6 Å². The van der Waals surface area contributed by atoms with Crippen molar-refractivity contribution >= 4 is 31.9 Å². The van der Waals surface area contributed by atoms with Crippen molar-refractivity contribution in [3.05, 3.63) is 63.9 Å². The van der Waals surface area contributed by atoms with Gasteiger partial charge in [-0.3, -0.25) is 4.79 Å². The number of halogens is 2. The molecule has 2 aromatic rings. The molecule has 0 heterocycles. The summed E-state index contributed by atoms with van der Waals surface area (Å²) in [5, 5.41) is 2.65. The number of nitrogens with zero attached hydrogens (tertiary/aromatic N) is 1. The third-order valence-electron chi connectivity index (χ3n) is 3.84. The van der Waals surface area contributed by atoms with E-state index in [1.54, 1.807) is 38.1 Å². The predicted octanol–water partition coefficient (Wildman–Crippen LogP) is 3.22. The second-order valence-corrected chi connectivity index (χ2v) is 8.54. The van der Waals surface area contributed by atoms with Crippen LogP contribution in [0.4, 0.5) is 4.39 Å². The van der Waals surface area contributed by atoms with Gasteiger partial charge in [-0.2, -0.15) is 4.31 Å². The van der Waals surface area contributed by atoms with Crippen molar-refractivity contribution in [2.45, 2.75) is 25.3 Å². The molecule has 0 saturated heterocycles. The van der Waals surface area contributed by atoms with Crippen LogP contribution >= 0.6 is 15.9 Å². The van der Waals surface area contributed by atoms with Crippen LogP contribution in [0.2, 0.25) is 0 Å². The van der Waals surface area contributed by atoms with Crippen LogP contribution in [0.5, 0.6) is 0 Å². The maximum Gasteiger partial charge on any atom is 0.243 e. The van der Waals surface area contributed by atoms with E-state index < -0.39 is 15.9 Å². The number of likely N-dealkylation sites (N-methyl/N-ethyl adjacent to an activating group) is 1. The molecular weight excluding hydrogens is 423 g/mol. The highest BCUT2D eigenvalue weighted by atomic mass is 79.9. The fraction of sp³-hybridized carbons (Fsp3) is 0.278. The second-order valence-electron chi connectivity index (χ2n) is 5.75. The normalized spacial score (nSPS) is 11.6. The molecule has 1 N–H and O–H groups in total. The molecule has 26 heavy (non-hydrogen) atoms. The Hall–Kier alpha value is -1.77. The summed E-state index contributed by atoms with van der Waals surface area (Å²) in [6.07, 6.45) is 0. The number of benzene rings is 2. The van der Waals surface area contributed by atoms with Crippen LogP contribution in [0.15, 0.2) is 51.8 Å². The Morgan fingerprint density at radius 2 is 1.85 bits per heavy atom. The summed E-state index contributed by atoms with van der Waals surface area (Å²) in [5.74, 6) is -0.776. The Bertz CT molecular complexity index is 886. The molecule has 0 aromatic heterocycles. The number of nitrogens with one attached hydrogen (secondary N) is 1. The lowest BCUT2D eigenvalue weighted by Crippen LogP contribution is -2.40. The molecule has 8 heteroatoms. The zero-order chi connectivity index (χ0) is 19.3. The fourth-order valence-electron chi connectivity index (χ4n) is 2.31. The Balaban J connectivity index is 2.05. The molecule has 2 aromatic carbocycles. The minimum absolute atomic E-state index is 0.145. The van der Waals surface area contributed by atoms with Crippen molar-refractivity contribution in [2.75, 3.05) is 13.1 Å². The number of carbonyl (C=O) groups excluding carboxylic acids is 1. The Morgan fingerprint density at radius 3 is 2.42 bits per heavy atom. The summed E-state index contributed by atoms with van der Waals surface area (Å²) in [4.78, 5) is 12.3. The number of sulfonamides is 1. The number of hydrogen-bond acceptors (Lipinski definition) is 3. The van der Waals surface area contributed by atoms with Crippen molar-refractivity contribution in [1.29, 1.82) is 0 Å². The Labute approximate surface area is 161 Å². The third kappa shape index (κ3) is 5.12. The first kappa shape index (κ1) is 20.5. The molecule has 0 bridgehead atoms. The van der Waals surface area contributed by atoms with Crippen LogP contribution < -0.4 is 5.32 Å². The standard InChI is InChI=1S/C18H20BrFN2O3S/c1-3-22(26(24,25)16-8-9-17(19)13(2)10-16)12-18(23)21-11-14-4-6-15(20)7-5-14/h4-10H,3,11-12H2,1-2H3,(H,21,23). The minimum Gasteiger partial charge on any atom is -0.351 e. The molecule has 0 saturated carbocycles. The summed E-state index contributed by atoms with van der Waals surface area (Å²) < 4.78 is 40.3. The first-order chi connectivity index (χ1) is 12.2. The van der Waals surface area contributed by atoms with Crippen molar-refractivity contribution in [3.63, 3.8) is 0 Å². The zero-order valence-corrected chi connectivity index (χ0v) is 16.9. The van der Waals surface area contributed by atoms with E-state index in [-0.39, 0.29) is 30.3 Å². The van der Waals surface area contributed by atoms with Crippen molar-refractivity contribution in [1.82, 2.24) is 9.62 Å². The van der Waals surface area contributed by atoms with Gasteiger partial charge in [-0.15, -0.1) is 0 Å². The summed E-state index contributed by atoms with van der Waals surface area (Å²) in [6, 6.07) is 10.5. The van der Waals surface area contributed by atoms with E-state index in [0.717, 1.165) is 19.9 Å². The fourth-order valence-corrected chi connectivity index (χ4v) is 4.05. The van der Waals surface area contributed by atoms with E-state index in [4.69, 9.17) is 0 Å². The highest BCUT2D eigenvalue weighted by molar-refractivity contribution is 9.10. The molecule has 0 aliphatic heterocycles. The van der Waals surface area contributed by atoms with E-state index >= 15 is 0 Å². The summed E-state index contributed by atoms with van der Waals surface area (Å²) in [5.41, 5.74) is 1.53. The van der Waals surface area contributed by atoms with Gasteiger partial charge in [0, 0.05) is 17.6 Å². The molecule has 5 nitrogen and oxygen atoms in total. The van der Waals surface area contributed by atoms with Gasteiger partial charge < -0.3 is 5.32 Å². The quantitative estimate of drug-likeness (QED) is 0.715. The summed E-state index contributed by atoms with van der Waals surface area (Å²) in [7, 11) is -3.77. The molecule has 140 valence electrons. The number of rotatable bonds is 7. The first-order valence-corrected chi connectivity index (χ1v) is 10.2. The van der Waals surface area contributed by atoms with Gasteiger partial charge in [0.05, 0.1) is 11.4 Å². The SMILES string of the molecule is CCN(CC(=O)NCc1ccc(F)cc1)S(=O)(=O)c1ccc(Br)c(C)c1.